The van der Waals surface area contributed by atoms with Crippen molar-refractivity contribution in [1.82, 2.24) is 9.62 Å². The van der Waals surface area contributed by atoms with E-state index in [1.165, 1.54) is 0 Å². The predicted molar refractivity (Wildman–Crippen MR) is 62.5 cm³/mol. The van der Waals surface area contributed by atoms with Crippen LogP contribution in [0.3, 0.4) is 0 Å². The average molecular weight is 294 g/mol. The van der Waals surface area contributed by atoms with E-state index < -0.39 is 38.4 Å². The van der Waals surface area contributed by atoms with E-state index in [2.05, 4.69) is 5.32 Å². The minimum atomic E-state index is -4.31. The summed E-state index contributed by atoms with van der Waals surface area (Å²) in [6.07, 6.45) is 0. The number of benzene rings is 1. The summed E-state index contributed by atoms with van der Waals surface area (Å²) < 4.78 is 65.5. The highest BCUT2D eigenvalue weighted by Gasteiger charge is 2.35. The summed E-state index contributed by atoms with van der Waals surface area (Å²) in [6, 6.07) is 0.300. The van der Waals surface area contributed by atoms with Crippen LogP contribution in [0.5, 0.6) is 0 Å². The molecule has 106 valence electrons. The van der Waals surface area contributed by atoms with E-state index in [-0.39, 0.29) is 6.54 Å². The van der Waals surface area contributed by atoms with Gasteiger partial charge >= 0.3 is 0 Å². The van der Waals surface area contributed by atoms with Gasteiger partial charge in [0.15, 0.2) is 4.90 Å². The van der Waals surface area contributed by atoms with Crippen LogP contribution in [0.25, 0.3) is 0 Å². The Morgan fingerprint density at radius 3 is 2.37 bits per heavy atom. The van der Waals surface area contributed by atoms with Crippen molar-refractivity contribution in [3.8, 4) is 0 Å². The average Bonchev–Trinajstić information content (AvgIpc) is 2.27. The van der Waals surface area contributed by atoms with Gasteiger partial charge in [0, 0.05) is 37.8 Å². The van der Waals surface area contributed by atoms with E-state index in [4.69, 9.17) is 0 Å². The second-order valence-corrected chi connectivity index (χ2v) is 6.19. The summed E-state index contributed by atoms with van der Waals surface area (Å²) >= 11 is 0. The summed E-state index contributed by atoms with van der Waals surface area (Å²) in [7, 11) is -4.31. The Kier molecular flexibility index (Phi) is 3.84. The number of sulfonamides is 1. The third-order valence-corrected chi connectivity index (χ3v) is 5.04. The Balaban J connectivity index is 2.50. The van der Waals surface area contributed by atoms with Gasteiger partial charge in [-0.25, -0.2) is 21.6 Å². The van der Waals surface area contributed by atoms with Crippen molar-refractivity contribution < 1.29 is 21.6 Å². The SMILES string of the molecule is CC1CNCCN1S(=O)(=O)c1c(F)cc(F)cc1F. The summed E-state index contributed by atoms with van der Waals surface area (Å²) in [5.41, 5.74) is 0. The fourth-order valence-corrected chi connectivity index (χ4v) is 3.80. The van der Waals surface area contributed by atoms with Crippen LogP contribution in [0, 0.1) is 17.5 Å². The number of nitrogens with zero attached hydrogens (tertiary/aromatic N) is 1. The molecule has 1 N–H and O–H groups in total. The minimum Gasteiger partial charge on any atom is -0.314 e. The first-order chi connectivity index (χ1) is 8.84. The lowest BCUT2D eigenvalue weighted by molar-refractivity contribution is 0.281. The van der Waals surface area contributed by atoms with Gasteiger partial charge in [-0.05, 0) is 6.92 Å². The lowest BCUT2D eigenvalue weighted by Crippen LogP contribution is -2.52. The van der Waals surface area contributed by atoms with Crippen molar-refractivity contribution in [3.05, 3.63) is 29.6 Å². The number of rotatable bonds is 2. The number of nitrogens with one attached hydrogen (secondary N) is 1. The lowest BCUT2D eigenvalue weighted by atomic mass is 10.3. The van der Waals surface area contributed by atoms with Gasteiger partial charge in [0.1, 0.15) is 17.5 Å². The first-order valence-electron chi connectivity index (χ1n) is 5.71. The van der Waals surface area contributed by atoms with E-state index in [0.717, 1.165) is 4.31 Å². The zero-order valence-corrected chi connectivity index (χ0v) is 11.0. The molecule has 1 atom stereocenters. The zero-order valence-electron chi connectivity index (χ0n) is 10.2. The molecule has 1 aromatic rings. The molecular weight excluding hydrogens is 281 g/mol. The summed E-state index contributed by atoms with van der Waals surface area (Å²) in [5, 5.41) is 2.97. The second kappa shape index (κ2) is 5.10. The van der Waals surface area contributed by atoms with Crippen molar-refractivity contribution >= 4 is 10.0 Å². The molecule has 1 aliphatic rings. The van der Waals surface area contributed by atoms with Crippen molar-refractivity contribution in [2.45, 2.75) is 17.9 Å². The molecule has 0 spiro atoms. The van der Waals surface area contributed by atoms with Crippen molar-refractivity contribution in [3.63, 3.8) is 0 Å². The van der Waals surface area contributed by atoms with Gasteiger partial charge in [0.2, 0.25) is 10.0 Å². The largest absolute Gasteiger partial charge is 0.314 e. The van der Waals surface area contributed by atoms with Crippen LogP contribution in [0.2, 0.25) is 0 Å². The molecule has 8 heteroatoms. The van der Waals surface area contributed by atoms with E-state index in [9.17, 15) is 21.6 Å². The standard InChI is InChI=1S/C11H13F3N2O2S/c1-7-6-15-2-3-16(7)19(17,18)11-9(13)4-8(12)5-10(11)14/h4-5,7,15H,2-3,6H2,1H3. The predicted octanol–water partition coefficient (Wildman–Crippen LogP) is 1.09. The van der Waals surface area contributed by atoms with Crippen molar-refractivity contribution in [1.29, 1.82) is 0 Å². The van der Waals surface area contributed by atoms with E-state index in [0.29, 0.717) is 25.2 Å². The quantitative estimate of drug-likeness (QED) is 0.888. The fourth-order valence-electron chi connectivity index (χ4n) is 2.07. The first kappa shape index (κ1) is 14.3. The molecule has 4 nitrogen and oxygen atoms in total. The Morgan fingerprint density at radius 1 is 1.26 bits per heavy atom. The maximum Gasteiger partial charge on any atom is 0.249 e. The maximum absolute atomic E-state index is 13.6. The highest BCUT2D eigenvalue weighted by Crippen LogP contribution is 2.25. The van der Waals surface area contributed by atoms with E-state index >= 15 is 0 Å². The number of halogens is 3. The molecule has 1 unspecified atom stereocenters. The van der Waals surface area contributed by atoms with Crippen LogP contribution < -0.4 is 5.32 Å². The smallest absolute Gasteiger partial charge is 0.249 e. The van der Waals surface area contributed by atoms with Crippen LogP contribution >= 0.6 is 0 Å². The second-order valence-electron chi connectivity index (χ2n) is 4.37. The van der Waals surface area contributed by atoms with Crippen LogP contribution in [0.15, 0.2) is 17.0 Å². The summed E-state index contributed by atoms with van der Waals surface area (Å²) in [4.78, 5) is -1.09. The number of hydrogen-bond acceptors (Lipinski definition) is 3. The molecular formula is C11H13F3N2O2S. The third kappa shape index (κ3) is 2.60. The van der Waals surface area contributed by atoms with Crippen LogP contribution in [-0.2, 0) is 10.0 Å². The molecule has 19 heavy (non-hydrogen) atoms. The highest BCUT2D eigenvalue weighted by molar-refractivity contribution is 7.89. The van der Waals surface area contributed by atoms with Crippen molar-refractivity contribution in [2.24, 2.45) is 0 Å². The Hall–Kier alpha value is -1.12. The molecule has 1 fully saturated rings. The van der Waals surface area contributed by atoms with Gasteiger partial charge in [-0.2, -0.15) is 4.31 Å². The number of hydrogen-bond donors (Lipinski definition) is 1. The van der Waals surface area contributed by atoms with E-state index in [1.54, 1.807) is 6.92 Å². The highest BCUT2D eigenvalue weighted by atomic mass is 32.2. The molecule has 0 bridgehead atoms. The summed E-state index contributed by atoms with van der Waals surface area (Å²) in [5.74, 6) is -3.98. The van der Waals surface area contributed by atoms with E-state index in [1.807, 2.05) is 0 Å². The molecule has 0 saturated carbocycles. The normalized spacial score (nSPS) is 21.6. The molecule has 2 rings (SSSR count). The molecule has 0 aromatic heterocycles. The lowest BCUT2D eigenvalue weighted by Gasteiger charge is -2.32. The molecule has 0 amide bonds. The summed E-state index contributed by atoms with van der Waals surface area (Å²) in [6.45, 7) is 2.53. The van der Waals surface area contributed by atoms with Gasteiger partial charge in [-0.1, -0.05) is 0 Å². The van der Waals surface area contributed by atoms with Gasteiger partial charge < -0.3 is 5.32 Å². The van der Waals surface area contributed by atoms with Gasteiger partial charge in [-0.3, -0.25) is 0 Å². The molecule has 0 radical (unpaired) electrons. The fraction of sp³-hybridized carbons (Fsp3) is 0.455. The van der Waals surface area contributed by atoms with Crippen LogP contribution in [0.1, 0.15) is 6.92 Å². The maximum atomic E-state index is 13.6. The van der Waals surface area contributed by atoms with Crippen molar-refractivity contribution in [2.75, 3.05) is 19.6 Å². The van der Waals surface area contributed by atoms with Gasteiger partial charge in [-0.15, -0.1) is 0 Å². The van der Waals surface area contributed by atoms with Crippen LogP contribution in [0.4, 0.5) is 13.2 Å². The topological polar surface area (TPSA) is 49.4 Å². The molecule has 0 aliphatic carbocycles. The van der Waals surface area contributed by atoms with Crippen LogP contribution in [-0.4, -0.2) is 38.4 Å². The molecule has 1 saturated heterocycles. The first-order valence-corrected chi connectivity index (χ1v) is 7.15. The number of piperazine rings is 1. The molecule has 1 aliphatic heterocycles. The Bertz CT molecular complexity index is 569. The Labute approximate surface area is 109 Å². The van der Waals surface area contributed by atoms with Gasteiger partial charge in [0.05, 0.1) is 0 Å². The molecule has 1 heterocycles. The monoisotopic (exact) mass is 294 g/mol. The Morgan fingerprint density at radius 2 is 1.84 bits per heavy atom. The zero-order chi connectivity index (χ0) is 14.2. The molecule has 1 aromatic carbocycles. The third-order valence-electron chi connectivity index (χ3n) is 2.97. The minimum absolute atomic E-state index is 0.111. The van der Waals surface area contributed by atoms with Gasteiger partial charge in [0.25, 0.3) is 0 Å².